The summed E-state index contributed by atoms with van der Waals surface area (Å²) in [6, 6.07) is 15.3. The van der Waals surface area contributed by atoms with E-state index in [2.05, 4.69) is 11.8 Å². The molecule has 0 aliphatic rings. The van der Waals surface area contributed by atoms with Gasteiger partial charge in [-0.3, -0.25) is 0 Å². The zero-order valence-corrected chi connectivity index (χ0v) is 11.1. The van der Waals surface area contributed by atoms with E-state index in [1.165, 1.54) is 6.07 Å². The van der Waals surface area contributed by atoms with Gasteiger partial charge in [-0.05, 0) is 30.7 Å². The van der Waals surface area contributed by atoms with Gasteiger partial charge >= 0.3 is 0 Å². The molecular weight excluding hydrogens is 239 g/mol. The lowest BCUT2D eigenvalue weighted by atomic mass is 10.1. The summed E-state index contributed by atoms with van der Waals surface area (Å²) >= 11 is 0. The van der Waals surface area contributed by atoms with Crippen molar-refractivity contribution in [3.63, 3.8) is 0 Å². The normalized spacial score (nSPS) is 10.5. The van der Waals surface area contributed by atoms with Crippen LogP contribution in [0.25, 0.3) is 0 Å². The van der Waals surface area contributed by atoms with Crippen LogP contribution in [0, 0.1) is 5.82 Å². The first-order chi connectivity index (χ1) is 9.24. The van der Waals surface area contributed by atoms with Gasteiger partial charge < -0.3 is 10.6 Å². The van der Waals surface area contributed by atoms with Crippen LogP contribution in [0.1, 0.15) is 18.1 Å². The van der Waals surface area contributed by atoms with Gasteiger partial charge in [0.1, 0.15) is 5.82 Å². The second kappa shape index (κ2) is 6.34. The minimum Gasteiger partial charge on any atom is -0.367 e. The van der Waals surface area contributed by atoms with Crippen LogP contribution in [0.5, 0.6) is 0 Å². The second-order valence-corrected chi connectivity index (χ2v) is 4.48. The Morgan fingerprint density at radius 1 is 1.11 bits per heavy atom. The predicted octanol–water partition coefficient (Wildman–Crippen LogP) is 3.31. The van der Waals surface area contributed by atoms with Crippen molar-refractivity contribution >= 4 is 5.69 Å². The number of hydrogen-bond acceptors (Lipinski definition) is 2. The molecule has 2 rings (SSSR count). The van der Waals surface area contributed by atoms with Gasteiger partial charge in [-0.25, -0.2) is 4.39 Å². The third-order valence-corrected chi connectivity index (χ3v) is 3.22. The Bertz CT molecular complexity index is 526. The molecule has 2 N–H and O–H groups in total. The Morgan fingerprint density at radius 3 is 2.42 bits per heavy atom. The fraction of sp³-hybridized carbons (Fsp3) is 0.250. The average Bonchev–Trinajstić information content (AvgIpc) is 2.47. The number of halogens is 1. The van der Waals surface area contributed by atoms with E-state index in [0.717, 1.165) is 17.8 Å². The van der Waals surface area contributed by atoms with E-state index in [1.807, 2.05) is 42.5 Å². The highest BCUT2D eigenvalue weighted by Crippen LogP contribution is 2.18. The minimum absolute atomic E-state index is 0.183. The van der Waals surface area contributed by atoms with Crippen LogP contribution in [-0.2, 0) is 13.1 Å². The molecule has 0 saturated heterocycles. The standard InChI is InChI=1S/C16H19FN2/c1-2-19(15-6-4-3-5-7-15)12-14-9-8-13(11-18)10-16(14)17/h3-10H,2,11-12,18H2,1H3. The highest BCUT2D eigenvalue weighted by Gasteiger charge is 2.09. The maximum atomic E-state index is 14.0. The molecule has 0 aromatic heterocycles. The molecule has 2 aromatic carbocycles. The topological polar surface area (TPSA) is 29.3 Å². The Kier molecular flexibility index (Phi) is 4.53. The van der Waals surface area contributed by atoms with Gasteiger partial charge in [-0.15, -0.1) is 0 Å². The average molecular weight is 258 g/mol. The minimum atomic E-state index is -0.183. The molecular formula is C16H19FN2. The fourth-order valence-corrected chi connectivity index (χ4v) is 2.08. The molecule has 100 valence electrons. The molecule has 0 aliphatic heterocycles. The summed E-state index contributed by atoms with van der Waals surface area (Å²) in [5, 5.41) is 0. The van der Waals surface area contributed by atoms with Crippen LogP contribution in [0.15, 0.2) is 48.5 Å². The lowest BCUT2D eigenvalue weighted by Crippen LogP contribution is -2.22. The monoisotopic (exact) mass is 258 g/mol. The van der Waals surface area contributed by atoms with Crippen LogP contribution in [0.4, 0.5) is 10.1 Å². The molecule has 0 saturated carbocycles. The van der Waals surface area contributed by atoms with Crippen molar-refractivity contribution in [3.05, 3.63) is 65.5 Å². The quantitative estimate of drug-likeness (QED) is 0.891. The van der Waals surface area contributed by atoms with Crippen LogP contribution < -0.4 is 10.6 Å². The smallest absolute Gasteiger partial charge is 0.128 e. The largest absolute Gasteiger partial charge is 0.367 e. The summed E-state index contributed by atoms with van der Waals surface area (Å²) in [5.74, 6) is -0.183. The highest BCUT2D eigenvalue weighted by molar-refractivity contribution is 5.46. The summed E-state index contributed by atoms with van der Waals surface area (Å²) in [6.07, 6.45) is 0. The van der Waals surface area contributed by atoms with Crippen molar-refractivity contribution in [2.24, 2.45) is 5.73 Å². The van der Waals surface area contributed by atoms with Gasteiger partial charge in [0.05, 0.1) is 0 Å². The zero-order valence-electron chi connectivity index (χ0n) is 11.1. The molecule has 2 nitrogen and oxygen atoms in total. The molecule has 0 heterocycles. The molecule has 0 bridgehead atoms. The lowest BCUT2D eigenvalue weighted by Gasteiger charge is -2.23. The highest BCUT2D eigenvalue weighted by atomic mass is 19.1. The predicted molar refractivity (Wildman–Crippen MR) is 77.5 cm³/mol. The van der Waals surface area contributed by atoms with Gasteiger partial charge in [0.25, 0.3) is 0 Å². The first kappa shape index (κ1) is 13.6. The van der Waals surface area contributed by atoms with Crippen molar-refractivity contribution in [2.45, 2.75) is 20.0 Å². The Balaban J connectivity index is 2.19. The van der Waals surface area contributed by atoms with Crippen molar-refractivity contribution in [3.8, 4) is 0 Å². The molecule has 0 unspecified atom stereocenters. The number of benzene rings is 2. The van der Waals surface area contributed by atoms with Crippen LogP contribution in [-0.4, -0.2) is 6.54 Å². The molecule has 0 spiro atoms. The van der Waals surface area contributed by atoms with Crippen LogP contribution >= 0.6 is 0 Å². The van der Waals surface area contributed by atoms with Crippen LogP contribution in [0.2, 0.25) is 0 Å². The maximum absolute atomic E-state index is 14.0. The molecule has 0 amide bonds. The number of hydrogen-bond donors (Lipinski definition) is 1. The maximum Gasteiger partial charge on any atom is 0.128 e. The molecule has 0 aliphatic carbocycles. The number of para-hydroxylation sites is 1. The summed E-state index contributed by atoms with van der Waals surface area (Å²) in [4.78, 5) is 2.14. The number of nitrogens with two attached hydrogens (primary N) is 1. The van der Waals surface area contributed by atoms with Gasteiger partial charge in [0, 0.05) is 30.9 Å². The van der Waals surface area contributed by atoms with Crippen LogP contribution in [0.3, 0.4) is 0 Å². The SMILES string of the molecule is CCN(Cc1ccc(CN)cc1F)c1ccccc1. The zero-order chi connectivity index (χ0) is 13.7. The van der Waals surface area contributed by atoms with Gasteiger partial charge in [-0.2, -0.15) is 0 Å². The van der Waals surface area contributed by atoms with E-state index in [4.69, 9.17) is 5.73 Å². The second-order valence-electron chi connectivity index (χ2n) is 4.48. The van der Waals surface area contributed by atoms with Crippen molar-refractivity contribution in [1.82, 2.24) is 0 Å². The Hall–Kier alpha value is -1.87. The molecule has 2 aromatic rings. The first-order valence-electron chi connectivity index (χ1n) is 6.52. The number of nitrogens with zero attached hydrogens (tertiary/aromatic N) is 1. The van der Waals surface area contributed by atoms with E-state index in [-0.39, 0.29) is 5.82 Å². The molecule has 0 fully saturated rings. The van der Waals surface area contributed by atoms with Gasteiger partial charge in [0.2, 0.25) is 0 Å². The summed E-state index contributed by atoms with van der Waals surface area (Å²) in [6.45, 7) is 3.84. The van der Waals surface area contributed by atoms with E-state index < -0.39 is 0 Å². The lowest BCUT2D eigenvalue weighted by molar-refractivity contribution is 0.603. The fourth-order valence-electron chi connectivity index (χ4n) is 2.08. The third kappa shape index (κ3) is 3.32. The summed E-state index contributed by atoms with van der Waals surface area (Å²) in [5.41, 5.74) is 8.13. The summed E-state index contributed by atoms with van der Waals surface area (Å²) < 4.78 is 14.0. The van der Waals surface area contributed by atoms with Crippen molar-refractivity contribution < 1.29 is 4.39 Å². The summed E-state index contributed by atoms with van der Waals surface area (Å²) in [7, 11) is 0. The Labute approximate surface area is 113 Å². The van der Waals surface area contributed by atoms with Crippen molar-refractivity contribution in [1.29, 1.82) is 0 Å². The molecule has 19 heavy (non-hydrogen) atoms. The van der Waals surface area contributed by atoms with E-state index in [1.54, 1.807) is 0 Å². The van der Waals surface area contributed by atoms with E-state index in [9.17, 15) is 4.39 Å². The van der Waals surface area contributed by atoms with Gasteiger partial charge in [-0.1, -0.05) is 30.3 Å². The number of anilines is 1. The third-order valence-electron chi connectivity index (χ3n) is 3.22. The van der Waals surface area contributed by atoms with Crippen molar-refractivity contribution in [2.75, 3.05) is 11.4 Å². The molecule has 3 heteroatoms. The van der Waals surface area contributed by atoms with E-state index in [0.29, 0.717) is 18.7 Å². The molecule has 0 radical (unpaired) electrons. The first-order valence-corrected chi connectivity index (χ1v) is 6.52. The molecule has 0 atom stereocenters. The number of rotatable bonds is 5. The van der Waals surface area contributed by atoms with Gasteiger partial charge in [0.15, 0.2) is 0 Å². The Morgan fingerprint density at radius 2 is 1.84 bits per heavy atom. The van der Waals surface area contributed by atoms with E-state index >= 15 is 0 Å².